The van der Waals surface area contributed by atoms with E-state index in [1.165, 1.54) is 12.8 Å². The van der Waals surface area contributed by atoms with Crippen LogP contribution in [0.3, 0.4) is 0 Å². The van der Waals surface area contributed by atoms with Crippen LogP contribution in [-0.4, -0.2) is 32.7 Å². The minimum absolute atomic E-state index is 0.398. The van der Waals surface area contributed by atoms with E-state index in [9.17, 15) is 0 Å². The Kier molecular flexibility index (Phi) is 5.58. The third-order valence-electron chi connectivity index (χ3n) is 3.35. The van der Waals surface area contributed by atoms with Crippen LogP contribution in [0.5, 0.6) is 0 Å². The van der Waals surface area contributed by atoms with Gasteiger partial charge in [-0.3, -0.25) is 0 Å². The summed E-state index contributed by atoms with van der Waals surface area (Å²) in [5.74, 6) is 0.377. The SMILES string of the molecule is CCC(C)(OC)OCCC1CCOCC1. The largest absolute Gasteiger partial charge is 0.381 e. The fourth-order valence-electron chi connectivity index (χ4n) is 1.78. The standard InChI is InChI=1S/C12H24O3/c1-4-12(2,13-3)15-10-7-11-5-8-14-9-6-11/h11H,4-10H2,1-3H3. The van der Waals surface area contributed by atoms with Gasteiger partial charge in [0.15, 0.2) is 5.79 Å². The highest BCUT2D eigenvalue weighted by Crippen LogP contribution is 2.21. The molecule has 0 aromatic carbocycles. The van der Waals surface area contributed by atoms with Crippen LogP contribution in [0.4, 0.5) is 0 Å². The molecule has 1 heterocycles. The molecule has 1 atom stereocenters. The van der Waals surface area contributed by atoms with Crippen molar-refractivity contribution in [3.05, 3.63) is 0 Å². The van der Waals surface area contributed by atoms with Gasteiger partial charge < -0.3 is 14.2 Å². The molecule has 0 bridgehead atoms. The highest BCUT2D eigenvalue weighted by molar-refractivity contribution is 4.65. The third kappa shape index (κ3) is 4.49. The Morgan fingerprint density at radius 3 is 2.53 bits per heavy atom. The smallest absolute Gasteiger partial charge is 0.164 e. The summed E-state index contributed by atoms with van der Waals surface area (Å²) in [5, 5.41) is 0. The van der Waals surface area contributed by atoms with Crippen LogP contribution in [0.1, 0.15) is 39.5 Å². The summed E-state index contributed by atoms with van der Waals surface area (Å²) in [7, 11) is 1.71. The fourth-order valence-corrected chi connectivity index (χ4v) is 1.78. The van der Waals surface area contributed by atoms with Crippen LogP contribution in [0, 0.1) is 5.92 Å². The van der Waals surface area contributed by atoms with Crippen molar-refractivity contribution in [1.29, 1.82) is 0 Å². The van der Waals surface area contributed by atoms with Gasteiger partial charge in [-0.05, 0) is 38.5 Å². The van der Waals surface area contributed by atoms with Crippen LogP contribution >= 0.6 is 0 Å². The Labute approximate surface area is 93.1 Å². The van der Waals surface area contributed by atoms with E-state index >= 15 is 0 Å². The second-order valence-corrected chi connectivity index (χ2v) is 4.38. The molecule has 90 valence electrons. The summed E-state index contributed by atoms with van der Waals surface area (Å²) in [6.45, 7) is 6.71. The Bertz CT molecular complexity index is 160. The number of ether oxygens (including phenoxy) is 3. The number of rotatable bonds is 6. The summed E-state index contributed by atoms with van der Waals surface area (Å²) in [6.07, 6.45) is 4.37. The molecule has 1 saturated heterocycles. The highest BCUT2D eigenvalue weighted by atomic mass is 16.7. The van der Waals surface area contributed by atoms with E-state index in [1.807, 2.05) is 6.92 Å². The maximum absolute atomic E-state index is 5.77. The quantitative estimate of drug-likeness (QED) is 0.639. The molecule has 0 saturated carbocycles. The van der Waals surface area contributed by atoms with E-state index in [0.717, 1.165) is 38.6 Å². The molecule has 0 aliphatic carbocycles. The van der Waals surface area contributed by atoms with Gasteiger partial charge in [0.05, 0.1) is 6.61 Å². The lowest BCUT2D eigenvalue weighted by Crippen LogP contribution is -2.31. The zero-order chi connectivity index (χ0) is 11.1. The van der Waals surface area contributed by atoms with Gasteiger partial charge in [-0.1, -0.05) is 6.92 Å². The number of methoxy groups -OCH3 is 1. The van der Waals surface area contributed by atoms with Crippen molar-refractivity contribution < 1.29 is 14.2 Å². The lowest BCUT2D eigenvalue weighted by Gasteiger charge is -2.28. The van der Waals surface area contributed by atoms with Gasteiger partial charge in [0.2, 0.25) is 0 Å². The molecule has 1 aliphatic rings. The molecule has 1 fully saturated rings. The van der Waals surface area contributed by atoms with Gasteiger partial charge in [0.25, 0.3) is 0 Å². The number of hydrogen-bond donors (Lipinski definition) is 0. The average Bonchev–Trinajstić information content (AvgIpc) is 2.30. The zero-order valence-corrected chi connectivity index (χ0v) is 10.3. The first-order chi connectivity index (χ1) is 7.20. The van der Waals surface area contributed by atoms with Gasteiger partial charge in [0.1, 0.15) is 0 Å². The first-order valence-corrected chi connectivity index (χ1v) is 5.97. The summed E-state index contributed by atoms with van der Waals surface area (Å²) >= 11 is 0. The first kappa shape index (κ1) is 12.9. The molecular weight excluding hydrogens is 192 g/mol. The fraction of sp³-hybridized carbons (Fsp3) is 1.00. The van der Waals surface area contributed by atoms with Gasteiger partial charge in [-0.15, -0.1) is 0 Å². The van der Waals surface area contributed by atoms with Gasteiger partial charge in [-0.25, -0.2) is 0 Å². The minimum atomic E-state index is -0.398. The molecule has 0 N–H and O–H groups in total. The molecule has 1 rings (SSSR count). The van der Waals surface area contributed by atoms with Crippen molar-refractivity contribution in [3.8, 4) is 0 Å². The summed E-state index contributed by atoms with van der Waals surface area (Å²) in [4.78, 5) is 0. The molecule has 0 amide bonds. The monoisotopic (exact) mass is 216 g/mol. The Hall–Kier alpha value is -0.120. The van der Waals surface area contributed by atoms with Crippen molar-refractivity contribution in [1.82, 2.24) is 0 Å². The molecule has 3 nitrogen and oxygen atoms in total. The highest BCUT2D eigenvalue weighted by Gasteiger charge is 2.22. The van der Waals surface area contributed by atoms with Crippen LogP contribution in [0.15, 0.2) is 0 Å². The van der Waals surface area contributed by atoms with Crippen molar-refractivity contribution >= 4 is 0 Å². The van der Waals surface area contributed by atoms with Crippen LogP contribution in [0.2, 0.25) is 0 Å². The van der Waals surface area contributed by atoms with Gasteiger partial charge >= 0.3 is 0 Å². The lowest BCUT2D eigenvalue weighted by atomic mass is 9.97. The van der Waals surface area contributed by atoms with Crippen molar-refractivity contribution in [2.45, 2.75) is 45.3 Å². The predicted octanol–water partition coefficient (Wildman–Crippen LogP) is 2.59. The molecule has 0 spiro atoms. The van der Waals surface area contributed by atoms with E-state index in [0.29, 0.717) is 0 Å². The predicted molar refractivity (Wildman–Crippen MR) is 59.8 cm³/mol. The summed E-state index contributed by atoms with van der Waals surface area (Å²) in [5.41, 5.74) is 0. The van der Waals surface area contributed by atoms with E-state index in [-0.39, 0.29) is 0 Å². The summed E-state index contributed by atoms with van der Waals surface area (Å²) < 4.78 is 16.4. The Balaban J connectivity index is 2.14. The average molecular weight is 216 g/mol. The Morgan fingerprint density at radius 1 is 1.33 bits per heavy atom. The number of hydrogen-bond acceptors (Lipinski definition) is 3. The third-order valence-corrected chi connectivity index (χ3v) is 3.35. The van der Waals surface area contributed by atoms with Crippen molar-refractivity contribution in [2.75, 3.05) is 26.9 Å². The second-order valence-electron chi connectivity index (χ2n) is 4.38. The lowest BCUT2D eigenvalue weighted by molar-refractivity contribution is -0.213. The first-order valence-electron chi connectivity index (χ1n) is 5.97. The van der Waals surface area contributed by atoms with Crippen molar-refractivity contribution in [3.63, 3.8) is 0 Å². The normalized spacial score (nSPS) is 22.6. The molecular formula is C12H24O3. The van der Waals surface area contributed by atoms with Crippen molar-refractivity contribution in [2.24, 2.45) is 5.92 Å². The molecule has 1 aliphatic heterocycles. The molecule has 15 heavy (non-hydrogen) atoms. The molecule has 1 unspecified atom stereocenters. The van der Waals surface area contributed by atoms with Gasteiger partial charge in [-0.2, -0.15) is 0 Å². The zero-order valence-electron chi connectivity index (χ0n) is 10.3. The van der Waals surface area contributed by atoms with Crippen LogP contribution < -0.4 is 0 Å². The molecule has 0 aromatic heterocycles. The molecule has 0 aromatic rings. The van der Waals surface area contributed by atoms with Gasteiger partial charge in [0, 0.05) is 20.3 Å². The summed E-state index contributed by atoms with van der Waals surface area (Å²) in [6, 6.07) is 0. The van der Waals surface area contributed by atoms with E-state index < -0.39 is 5.79 Å². The van der Waals surface area contributed by atoms with Crippen LogP contribution in [-0.2, 0) is 14.2 Å². The topological polar surface area (TPSA) is 27.7 Å². The van der Waals surface area contributed by atoms with Crippen LogP contribution in [0.25, 0.3) is 0 Å². The van der Waals surface area contributed by atoms with E-state index in [4.69, 9.17) is 14.2 Å². The minimum Gasteiger partial charge on any atom is -0.381 e. The van der Waals surface area contributed by atoms with E-state index in [2.05, 4.69) is 6.92 Å². The second kappa shape index (κ2) is 6.46. The molecule has 3 heteroatoms. The molecule has 0 radical (unpaired) electrons. The Morgan fingerprint density at radius 2 is 2.00 bits per heavy atom. The maximum atomic E-state index is 5.77. The van der Waals surface area contributed by atoms with E-state index in [1.54, 1.807) is 7.11 Å². The maximum Gasteiger partial charge on any atom is 0.164 e.